The van der Waals surface area contributed by atoms with Crippen LogP contribution in [-0.4, -0.2) is 22.1 Å². The molecule has 2 heterocycles. The van der Waals surface area contributed by atoms with Crippen molar-refractivity contribution in [1.82, 2.24) is 15.0 Å². The molecule has 0 unspecified atom stereocenters. The number of aryl methyl sites for hydroxylation is 1. The Morgan fingerprint density at radius 1 is 1.24 bits per heavy atom. The first-order valence-corrected chi connectivity index (χ1v) is 5.78. The Bertz CT molecular complexity index is 533. The van der Waals surface area contributed by atoms with Crippen molar-refractivity contribution in [2.75, 3.05) is 12.8 Å². The maximum atomic E-state index is 5.69. The summed E-state index contributed by atoms with van der Waals surface area (Å²) in [4.78, 5) is 12.7. The Balaban J connectivity index is 2.24. The maximum Gasteiger partial charge on any atom is 0.237 e. The van der Waals surface area contributed by atoms with E-state index in [0.717, 1.165) is 10.7 Å². The van der Waals surface area contributed by atoms with Crippen molar-refractivity contribution in [3.8, 4) is 5.88 Å². The van der Waals surface area contributed by atoms with E-state index in [9.17, 15) is 0 Å². The number of pyridine rings is 1. The molecule has 2 N–H and O–H groups in total. The van der Waals surface area contributed by atoms with Crippen molar-refractivity contribution >= 4 is 17.4 Å². The molecule has 0 atom stereocenters. The second-order valence-corrected chi connectivity index (χ2v) is 4.32. The van der Waals surface area contributed by atoms with E-state index >= 15 is 0 Å². The summed E-state index contributed by atoms with van der Waals surface area (Å²) in [5.41, 5.74) is 7.13. The molecule has 0 bridgehead atoms. The molecular weight excluding hydrogens is 236 g/mol. The Morgan fingerprint density at radius 3 is 2.76 bits per heavy atom. The van der Waals surface area contributed by atoms with Gasteiger partial charge in [0.1, 0.15) is 5.03 Å². The highest BCUT2D eigenvalue weighted by Gasteiger charge is 2.06. The van der Waals surface area contributed by atoms with E-state index in [4.69, 9.17) is 10.5 Å². The molecule has 0 saturated heterocycles. The Labute approximate surface area is 103 Å². The topological polar surface area (TPSA) is 73.9 Å². The summed E-state index contributed by atoms with van der Waals surface area (Å²) < 4.78 is 5.06. The van der Waals surface area contributed by atoms with Crippen LogP contribution < -0.4 is 10.5 Å². The second kappa shape index (κ2) is 5.01. The maximum absolute atomic E-state index is 5.69. The van der Waals surface area contributed by atoms with E-state index in [1.807, 2.05) is 19.1 Å². The molecule has 0 aliphatic rings. The molecule has 2 rings (SSSR count). The molecule has 0 saturated carbocycles. The van der Waals surface area contributed by atoms with E-state index in [0.29, 0.717) is 16.7 Å². The third kappa shape index (κ3) is 2.85. The fourth-order valence-electron chi connectivity index (χ4n) is 1.22. The molecule has 17 heavy (non-hydrogen) atoms. The van der Waals surface area contributed by atoms with E-state index in [2.05, 4.69) is 15.0 Å². The van der Waals surface area contributed by atoms with Gasteiger partial charge >= 0.3 is 0 Å². The van der Waals surface area contributed by atoms with E-state index in [1.165, 1.54) is 18.9 Å². The van der Waals surface area contributed by atoms with Crippen LogP contribution in [0.1, 0.15) is 5.69 Å². The van der Waals surface area contributed by atoms with Gasteiger partial charge in [-0.3, -0.25) is 0 Å². The smallest absolute Gasteiger partial charge is 0.237 e. The van der Waals surface area contributed by atoms with Crippen LogP contribution in [0.5, 0.6) is 5.88 Å². The number of methoxy groups -OCH3 is 1. The molecular formula is C11H12N4OS. The number of nitrogens with zero attached hydrogens (tertiary/aromatic N) is 3. The lowest BCUT2D eigenvalue weighted by Gasteiger charge is -2.05. The summed E-state index contributed by atoms with van der Waals surface area (Å²) in [6, 6.07) is 5.42. The summed E-state index contributed by atoms with van der Waals surface area (Å²) in [6.45, 7) is 1.92. The van der Waals surface area contributed by atoms with Crippen molar-refractivity contribution < 1.29 is 4.74 Å². The van der Waals surface area contributed by atoms with Crippen molar-refractivity contribution in [3.63, 3.8) is 0 Å². The number of anilines is 1. The first kappa shape index (κ1) is 11.7. The summed E-state index contributed by atoms with van der Waals surface area (Å²) in [6.07, 6.45) is 1.72. The zero-order valence-electron chi connectivity index (χ0n) is 9.54. The van der Waals surface area contributed by atoms with Gasteiger partial charge in [0.25, 0.3) is 0 Å². The number of nitrogen functional groups attached to an aromatic ring is 1. The van der Waals surface area contributed by atoms with E-state index in [1.54, 1.807) is 12.3 Å². The normalized spacial score (nSPS) is 10.2. The third-order valence-electron chi connectivity index (χ3n) is 2.03. The minimum Gasteiger partial charge on any atom is -0.480 e. The van der Waals surface area contributed by atoms with Gasteiger partial charge in [-0.25, -0.2) is 15.0 Å². The summed E-state index contributed by atoms with van der Waals surface area (Å²) in [5.74, 6) is 0.419. The number of nitrogens with two attached hydrogens (primary N) is 1. The molecule has 0 amide bonds. The van der Waals surface area contributed by atoms with Crippen LogP contribution in [0, 0.1) is 6.92 Å². The van der Waals surface area contributed by atoms with Crippen molar-refractivity contribution in [2.24, 2.45) is 0 Å². The fourth-order valence-corrected chi connectivity index (χ4v) is 1.98. The predicted octanol–water partition coefficient (Wildman–Crippen LogP) is 1.92. The van der Waals surface area contributed by atoms with Gasteiger partial charge in [0.15, 0.2) is 5.16 Å². The number of aromatic nitrogens is 3. The molecule has 0 aliphatic heterocycles. The van der Waals surface area contributed by atoms with Gasteiger partial charge in [0.2, 0.25) is 5.88 Å². The monoisotopic (exact) mass is 248 g/mol. The molecule has 0 fully saturated rings. The molecule has 88 valence electrons. The van der Waals surface area contributed by atoms with Gasteiger partial charge in [0, 0.05) is 11.9 Å². The van der Waals surface area contributed by atoms with Crippen LogP contribution in [0.4, 0.5) is 5.69 Å². The number of ether oxygens (including phenoxy) is 1. The van der Waals surface area contributed by atoms with Crippen LogP contribution in [0.2, 0.25) is 0 Å². The third-order valence-corrected chi connectivity index (χ3v) is 2.84. The molecule has 0 radical (unpaired) electrons. The lowest BCUT2D eigenvalue weighted by Crippen LogP contribution is -1.96. The van der Waals surface area contributed by atoms with Crippen molar-refractivity contribution in [2.45, 2.75) is 17.1 Å². The van der Waals surface area contributed by atoms with E-state index < -0.39 is 0 Å². The van der Waals surface area contributed by atoms with Crippen LogP contribution in [-0.2, 0) is 0 Å². The SMILES string of the molecule is COc1nc(Sc2nccc(C)n2)ccc1N. The molecule has 0 spiro atoms. The first-order valence-electron chi connectivity index (χ1n) is 4.97. The number of rotatable bonds is 3. The van der Waals surface area contributed by atoms with Gasteiger partial charge in [0.05, 0.1) is 12.8 Å². The average molecular weight is 248 g/mol. The predicted molar refractivity (Wildman–Crippen MR) is 66.1 cm³/mol. The fraction of sp³-hybridized carbons (Fsp3) is 0.182. The Hall–Kier alpha value is -1.82. The standard InChI is InChI=1S/C11H12N4OS/c1-7-5-6-13-11(14-7)17-9-4-3-8(12)10(15-9)16-2/h3-6H,12H2,1-2H3. The quantitative estimate of drug-likeness (QED) is 0.836. The lowest BCUT2D eigenvalue weighted by molar-refractivity contribution is 0.397. The molecule has 2 aromatic heterocycles. The minimum atomic E-state index is 0.419. The molecule has 2 aromatic rings. The largest absolute Gasteiger partial charge is 0.480 e. The van der Waals surface area contributed by atoms with Gasteiger partial charge < -0.3 is 10.5 Å². The van der Waals surface area contributed by atoms with Gasteiger partial charge in [-0.2, -0.15) is 0 Å². The zero-order chi connectivity index (χ0) is 12.3. The van der Waals surface area contributed by atoms with Crippen LogP contribution >= 0.6 is 11.8 Å². The summed E-state index contributed by atoms with van der Waals surface area (Å²) >= 11 is 1.37. The lowest BCUT2D eigenvalue weighted by atomic mass is 10.4. The van der Waals surface area contributed by atoms with Gasteiger partial charge in [-0.15, -0.1) is 0 Å². The van der Waals surface area contributed by atoms with Gasteiger partial charge in [-0.05, 0) is 36.9 Å². The summed E-state index contributed by atoms with van der Waals surface area (Å²) in [7, 11) is 1.54. The average Bonchev–Trinajstić information content (AvgIpc) is 2.32. The van der Waals surface area contributed by atoms with Crippen molar-refractivity contribution in [1.29, 1.82) is 0 Å². The minimum absolute atomic E-state index is 0.419. The number of hydrogen-bond donors (Lipinski definition) is 1. The molecule has 0 aromatic carbocycles. The molecule has 6 heteroatoms. The first-order chi connectivity index (χ1) is 8.19. The molecule has 0 aliphatic carbocycles. The Kier molecular flexibility index (Phi) is 3.43. The van der Waals surface area contributed by atoms with E-state index in [-0.39, 0.29) is 0 Å². The molecule has 5 nitrogen and oxygen atoms in total. The highest BCUT2D eigenvalue weighted by Crippen LogP contribution is 2.27. The van der Waals surface area contributed by atoms with Crippen LogP contribution in [0.3, 0.4) is 0 Å². The van der Waals surface area contributed by atoms with Crippen LogP contribution in [0.25, 0.3) is 0 Å². The van der Waals surface area contributed by atoms with Gasteiger partial charge in [-0.1, -0.05) is 0 Å². The highest BCUT2D eigenvalue weighted by atomic mass is 32.2. The second-order valence-electron chi connectivity index (χ2n) is 3.33. The van der Waals surface area contributed by atoms with Crippen molar-refractivity contribution in [3.05, 3.63) is 30.1 Å². The number of hydrogen-bond acceptors (Lipinski definition) is 6. The van der Waals surface area contributed by atoms with Crippen LogP contribution in [0.15, 0.2) is 34.6 Å². The highest BCUT2D eigenvalue weighted by molar-refractivity contribution is 7.99. The Morgan fingerprint density at radius 2 is 2.06 bits per heavy atom. The zero-order valence-corrected chi connectivity index (χ0v) is 10.4. The summed E-state index contributed by atoms with van der Waals surface area (Å²) in [5, 5.41) is 1.41.